The van der Waals surface area contributed by atoms with Crippen LogP contribution in [0, 0.1) is 0 Å². The molecule has 0 spiro atoms. The maximum absolute atomic E-state index is 12.8. The molecule has 1 amide bonds. The number of hydrogen-bond acceptors (Lipinski definition) is 3. The van der Waals surface area contributed by atoms with Crippen molar-refractivity contribution in [1.82, 2.24) is 9.78 Å². The normalized spacial score (nSPS) is 16.7. The van der Waals surface area contributed by atoms with Crippen molar-refractivity contribution >= 4 is 17.6 Å². The number of benzene rings is 1. The maximum Gasteiger partial charge on any atom is 0.312 e. The van der Waals surface area contributed by atoms with Crippen molar-refractivity contribution in [2.75, 3.05) is 11.4 Å². The predicted octanol–water partition coefficient (Wildman–Crippen LogP) is 2.37. The molecule has 23 heavy (non-hydrogen) atoms. The van der Waals surface area contributed by atoms with Crippen LogP contribution in [0.4, 0.5) is 5.69 Å². The van der Waals surface area contributed by atoms with Gasteiger partial charge in [-0.2, -0.15) is 5.10 Å². The minimum atomic E-state index is -0.920. The number of aliphatic carboxylic acids is 1. The molecule has 1 aliphatic heterocycles. The second kappa shape index (κ2) is 5.53. The summed E-state index contributed by atoms with van der Waals surface area (Å²) in [6, 6.07) is 8.92. The van der Waals surface area contributed by atoms with Gasteiger partial charge in [-0.05, 0) is 23.6 Å². The van der Waals surface area contributed by atoms with E-state index in [0.29, 0.717) is 16.9 Å². The number of para-hydroxylation sites is 1. The van der Waals surface area contributed by atoms with Crippen LogP contribution >= 0.6 is 0 Å². The second-order valence-electron chi connectivity index (χ2n) is 6.10. The van der Waals surface area contributed by atoms with Gasteiger partial charge in [-0.1, -0.05) is 32.0 Å². The van der Waals surface area contributed by atoms with E-state index in [9.17, 15) is 14.7 Å². The van der Waals surface area contributed by atoms with Crippen LogP contribution in [0.2, 0.25) is 0 Å². The summed E-state index contributed by atoms with van der Waals surface area (Å²) in [7, 11) is 1.81. The molecule has 2 aromatic rings. The molecule has 1 aliphatic rings. The van der Waals surface area contributed by atoms with Gasteiger partial charge < -0.3 is 10.0 Å². The molecule has 1 aromatic heterocycles. The molecule has 1 N–H and O–H groups in total. The fourth-order valence-electron chi connectivity index (χ4n) is 3.08. The first kappa shape index (κ1) is 15.3. The lowest BCUT2D eigenvalue weighted by atomic mass is 10.0. The average molecular weight is 313 g/mol. The molecule has 0 radical (unpaired) electrons. The van der Waals surface area contributed by atoms with Gasteiger partial charge in [0.1, 0.15) is 5.92 Å². The number of aromatic nitrogens is 2. The van der Waals surface area contributed by atoms with E-state index in [2.05, 4.69) is 5.10 Å². The van der Waals surface area contributed by atoms with Crippen LogP contribution in [0.5, 0.6) is 0 Å². The molecule has 1 unspecified atom stereocenters. The Hall–Kier alpha value is -2.63. The molecule has 0 bridgehead atoms. The summed E-state index contributed by atoms with van der Waals surface area (Å²) in [6.45, 7) is 4.22. The Morgan fingerprint density at radius 3 is 2.61 bits per heavy atom. The predicted molar refractivity (Wildman–Crippen MR) is 85.8 cm³/mol. The molecule has 2 heterocycles. The first-order valence-electron chi connectivity index (χ1n) is 7.57. The summed E-state index contributed by atoms with van der Waals surface area (Å²) in [5, 5.41) is 13.7. The lowest BCUT2D eigenvalue weighted by Crippen LogP contribution is -2.31. The number of fused-ring (bicyclic) bond motifs is 1. The Morgan fingerprint density at radius 2 is 2.00 bits per heavy atom. The second-order valence-corrected chi connectivity index (χ2v) is 6.10. The third-order valence-electron chi connectivity index (χ3n) is 4.24. The zero-order valence-corrected chi connectivity index (χ0v) is 13.4. The Bertz CT molecular complexity index is 779. The minimum absolute atomic E-state index is 0.140. The highest BCUT2D eigenvalue weighted by Gasteiger charge is 2.37. The smallest absolute Gasteiger partial charge is 0.312 e. The average Bonchev–Trinajstić information content (AvgIpc) is 3.07. The zero-order valence-electron chi connectivity index (χ0n) is 13.4. The van der Waals surface area contributed by atoms with E-state index in [-0.39, 0.29) is 18.4 Å². The summed E-state index contributed by atoms with van der Waals surface area (Å²) in [5.41, 5.74) is 2.64. The van der Waals surface area contributed by atoms with Gasteiger partial charge in [0.05, 0.1) is 0 Å². The fourth-order valence-corrected chi connectivity index (χ4v) is 3.08. The van der Waals surface area contributed by atoms with Crippen LogP contribution in [0.15, 0.2) is 30.3 Å². The molecule has 1 aromatic carbocycles. The molecule has 1 atom stereocenters. The van der Waals surface area contributed by atoms with Crippen molar-refractivity contribution in [3.05, 3.63) is 47.3 Å². The van der Waals surface area contributed by atoms with Gasteiger partial charge in [-0.3, -0.25) is 14.3 Å². The van der Waals surface area contributed by atoms with E-state index in [1.807, 2.05) is 20.9 Å². The quantitative estimate of drug-likeness (QED) is 0.944. The van der Waals surface area contributed by atoms with E-state index in [4.69, 9.17) is 0 Å². The number of carboxylic acid groups (broad SMARTS) is 1. The molecule has 0 saturated heterocycles. The number of anilines is 1. The Balaban J connectivity index is 1.98. The van der Waals surface area contributed by atoms with Crippen LogP contribution in [-0.4, -0.2) is 33.3 Å². The lowest BCUT2D eigenvalue weighted by Gasteiger charge is -2.15. The molecular weight excluding hydrogens is 294 g/mol. The topological polar surface area (TPSA) is 75.4 Å². The number of carboxylic acids is 1. The molecule has 0 fully saturated rings. The van der Waals surface area contributed by atoms with Crippen LogP contribution in [0.25, 0.3) is 0 Å². The van der Waals surface area contributed by atoms with Gasteiger partial charge in [0.15, 0.2) is 5.69 Å². The first-order chi connectivity index (χ1) is 10.9. The Labute approximate surface area is 134 Å². The SMILES string of the molecule is CC(C)c1cc(C(=O)N2CC(C(=O)O)c3ccccc32)nn1C. The number of carbonyl (C=O) groups is 2. The van der Waals surface area contributed by atoms with Crippen molar-refractivity contribution < 1.29 is 14.7 Å². The van der Waals surface area contributed by atoms with E-state index in [1.54, 1.807) is 35.0 Å². The van der Waals surface area contributed by atoms with Crippen LogP contribution in [0.1, 0.15) is 47.4 Å². The number of hydrogen-bond donors (Lipinski definition) is 1. The number of amides is 1. The van der Waals surface area contributed by atoms with E-state index >= 15 is 0 Å². The van der Waals surface area contributed by atoms with Gasteiger partial charge in [-0.15, -0.1) is 0 Å². The van der Waals surface area contributed by atoms with Crippen molar-refractivity contribution in [3.8, 4) is 0 Å². The molecule has 0 aliphatic carbocycles. The number of rotatable bonds is 3. The van der Waals surface area contributed by atoms with E-state index in [0.717, 1.165) is 5.69 Å². The van der Waals surface area contributed by atoms with Gasteiger partial charge in [0.25, 0.3) is 5.91 Å². The van der Waals surface area contributed by atoms with Gasteiger partial charge >= 0.3 is 5.97 Å². The highest BCUT2D eigenvalue weighted by molar-refractivity contribution is 6.07. The third-order valence-corrected chi connectivity index (χ3v) is 4.24. The highest BCUT2D eigenvalue weighted by Crippen LogP contribution is 2.37. The summed E-state index contributed by atoms with van der Waals surface area (Å²) >= 11 is 0. The number of carbonyl (C=O) groups excluding carboxylic acids is 1. The van der Waals surface area contributed by atoms with Gasteiger partial charge in [0.2, 0.25) is 0 Å². The minimum Gasteiger partial charge on any atom is -0.481 e. The molecule has 6 nitrogen and oxygen atoms in total. The van der Waals surface area contributed by atoms with E-state index < -0.39 is 11.9 Å². The molecular formula is C17H19N3O3. The summed E-state index contributed by atoms with van der Waals surface area (Å²) < 4.78 is 1.70. The maximum atomic E-state index is 12.8. The molecule has 0 saturated carbocycles. The van der Waals surface area contributed by atoms with Crippen molar-refractivity contribution in [2.24, 2.45) is 7.05 Å². The molecule has 3 rings (SSSR count). The monoisotopic (exact) mass is 313 g/mol. The highest BCUT2D eigenvalue weighted by atomic mass is 16.4. The summed E-state index contributed by atoms with van der Waals surface area (Å²) in [5.74, 6) is -1.62. The number of nitrogens with zero attached hydrogens (tertiary/aromatic N) is 3. The van der Waals surface area contributed by atoms with Crippen molar-refractivity contribution in [1.29, 1.82) is 0 Å². The van der Waals surface area contributed by atoms with Gasteiger partial charge in [0, 0.05) is 25.0 Å². The van der Waals surface area contributed by atoms with E-state index in [1.165, 1.54) is 4.90 Å². The zero-order chi connectivity index (χ0) is 16.7. The van der Waals surface area contributed by atoms with Crippen molar-refractivity contribution in [2.45, 2.75) is 25.7 Å². The summed E-state index contributed by atoms with van der Waals surface area (Å²) in [6.07, 6.45) is 0. The van der Waals surface area contributed by atoms with Crippen LogP contribution in [-0.2, 0) is 11.8 Å². The fraction of sp³-hybridized carbons (Fsp3) is 0.353. The largest absolute Gasteiger partial charge is 0.481 e. The third kappa shape index (κ3) is 2.50. The standard InChI is InChI=1S/C17H19N3O3/c1-10(2)15-8-13(18-19(15)3)16(21)20-9-12(17(22)23)11-6-4-5-7-14(11)20/h4-8,10,12H,9H2,1-3H3,(H,22,23). The van der Waals surface area contributed by atoms with Crippen LogP contribution < -0.4 is 4.90 Å². The Morgan fingerprint density at radius 1 is 1.30 bits per heavy atom. The Kier molecular flexibility index (Phi) is 3.67. The number of aryl methyl sites for hydroxylation is 1. The molecule has 6 heteroatoms. The van der Waals surface area contributed by atoms with Gasteiger partial charge in [-0.25, -0.2) is 0 Å². The lowest BCUT2D eigenvalue weighted by molar-refractivity contribution is -0.138. The van der Waals surface area contributed by atoms with Crippen LogP contribution in [0.3, 0.4) is 0 Å². The molecule has 120 valence electrons. The van der Waals surface area contributed by atoms with Crippen molar-refractivity contribution in [3.63, 3.8) is 0 Å². The first-order valence-corrected chi connectivity index (χ1v) is 7.57. The summed E-state index contributed by atoms with van der Waals surface area (Å²) in [4.78, 5) is 25.8.